The van der Waals surface area contributed by atoms with Crippen molar-refractivity contribution in [3.8, 4) is 0 Å². The minimum Gasteiger partial charge on any atom is -0.327 e. The zero-order chi connectivity index (χ0) is 15.3. The Morgan fingerprint density at radius 2 is 2.00 bits per heavy atom. The van der Waals surface area contributed by atoms with Gasteiger partial charge in [-0.15, -0.1) is 0 Å². The molecule has 116 valence electrons. The van der Waals surface area contributed by atoms with Crippen molar-refractivity contribution in [1.29, 1.82) is 0 Å². The van der Waals surface area contributed by atoms with Crippen molar-refractivity contribution in [1.82, 2.24) is 14.9 Å². The lowest BCUT2D eigenvalue weighted by atomic mass is 10.3. The molecule has 0 fully saturated rings. The molecule has 0 saturated carbocycles. The second-order valence-corrected chi connectivity index (χ2v) is 5.06. The Balaban J connectivity index is 1.96. The summed E-state index contributed by atoms with van der Waals surface area (Å²) in [6.07, 6.45) is -3.73. The zero-order valence-electron chi connectivity index (χ0n) is 12.1. The average Bonchev–Trinajstić information content (AvgIpc) is 2.76. The number of fused-ring (bicyclic) bond motifs is 1. The van der Waals surface area contributed by atoms with E-state index in [1.165, 1.54) is 0 Å². The van der Waals surface area contributed by atoms with Gasteiger partial charge < -0.3 is 9.88 Å². The summed E-state index contributed by atoms with van der Waals surface area (Å²) in [4.78, 5) is 4.56. The van der Waals surface area contributed by atoms with Crippen LogP contribution in [0.3, 0.4) is 0 Å². The quantitative estimate of drug-likeness (QED) is 0.786. The molecule has 0 aliphatic carbocycles. The van der Waals surface area contributed by atoms with Crippen LogP contribution in [-0.2, 0) is 13.1 Å². The Hall–Kier alpha value is -1.56. The maximum absolute atomic E-state index is 12.1. The Kier molecular flexibility index (Phi) is 5.22. The molecule has 0 aliphatic heterocycles. The van der Waals surface area contributed by atoms with E-state index in [4.69, 9.17) is 0 Å². The van der Waals surface area contributed by atoms with Crippen LogP contribution >= 0.6 is 0 Å². The van der Waals surface area contributed by atoms with E-state index in [1.54, 1.807) is 0 Å². The largest absolute Gasteiger partial charge is 0.389 e. The fourth-order valence-electron chi connectivity index (χ4n) is 2.35. The van der Waals surface area contributed by atoms with Crippen LogP contribution in [0.2, 0.25) is 0 Å². The molecule has 2 rings (SSSR count). The summed E-state index contributed by atoms with van der Waals surface area (Å²) >= 11 is 0. The van der Waals surface area contributed by atoms with Gasteiger partial charge in [0.2, 0.25) is 0 Å². The molecule has 0 unspecified atom stereocenters. The maximum Gasteiger partial charge on any atom is 0.389 e. The van der Waals surface area contributed by atoms with Gasteiger partial charge in [-0.25, -0.2) is 4.98 Å². The zero-order valence-corrected chi connectivity index (χ0v) is 12.1. The molecule has 21 heavy (non-hydrogen) atoms. The lowest BCUT2D eigenvalue weighted by molar-refractivity contribution is -0.135. The van der Waals surface area contributed by atoms with Crippen LogP contribution in [0.15, 0.2) is 24.3 Å². The number of nitrogens with zero attached hydrogens (tertiary/aromatic N) is 2. The highest BCUT2D eigenvalue weighted by Crippen LogP contribution is 2.21. The lowest BCUT2D eigenvalue weighted by Gasteiger charge is -2.09. The Bertz CT molecular complexity index is 575. The van der Waals surface area contributed by atoms with Gasteiger partial charge in [0.25, 0.3) is 0 Å². The standard InChI is InChI=1S/C15H20F3N3/c1-2-10-21-13-7-4-3-6-12(13)20-14(21)11-19-9-5-8-15(16,17)18/h3-4,6-7,19H,2,5,8-11H2,1H3. The first-order chi connectivity index (χ1) is 10.0. The van der Waals surface area contributed by atoms with Crippen LogP contribution in [0.25, 0.3) is 11.0 Å². The fourth-order valence-corrected chi connectivity index (χ4v) is 2.35. The number of benzene rings is 1. The van der Waals surface area contributed by atoms with Crippen LogP contribution < -0.4 is 5.32 Å². The molecule has 1 aromatic heterocycles. The van der Waals surface area contributed by atoms with Crippen molar-refractivity contribution in [2.75, 3.05) is 6.54 Å². The van der Waals surface area contributed by atoms with Gasteiger partial charge in [-0.05, 0) is 31.5 Å². The van der Waals surface area contributed by atoms with Crippen molar-refractivity contribution in [3.05, 3.63) is 30.1 Å². The van der Waals surface area contributed by atoms with E-state index in [-0.39, 0.29) is 6.42 Å². The van der Waals surface area contributed by atoms with E-state index >= 15 is 0 Å². The van der Waals surface area contributed by atoms with Crippen LogP contribution in [0.4, 0.5) is 13.2 Å². The molecule has 0 spiro atoms. The summed E-state index contributed by atoms with van der Waals surface area (Å²) in [5, 5.41) is 3.05. The van der Waals surface area contributed by atoms with E-state index in [9.17, 15) is 13.2 Å². The van der Waals surface area contributed by atoms with Gasteiger partial charge in [-0.2, -0.15) is 13.2 Å². The van der Waals surface area contributed by atoms with Crippen molar-refractivity contribution < 1.29 is 13.2 Å². The van der Waals surface area contributed by atoms with Crippen molar-refractivity contribution in [2.24, 2.45) is 0 Å². The minimum absolute atomic E-state index is 0.0947. The molecule has 0 aliphatic rings. The minimum atomic E-state index is -4.07. The third-order valence-corrected chi connectivity index (χ3v) is 3.28. The van der Waals surface area contributed by atoms with Crippen LogP contribution in [-0.4, -0.2) is 22.3 Å². The summed E-state index contributed by atoms with van der Waals surface area (Å²) < 4.78 is 38.3. The molecular weight excluding hydrogens is 279 g/mol. The Labute approximate surface area is 122 Å². The second-order valence-electron chi connectivity index (χ2n) is 5.06. The summed E-state index contributed by atoms with van der Waals surface area (Å²) in [6, 6.07) is 7.88. The topological polar surface area (TPSA) is 29.9 Å². The van der Waals surface area contributed by atoms with Crippen LogP contribution in [0, 0.1) is 0 Å². The highest BCUT2D eigenvalue weighted by Gasteiger charge is 2.25. The fraction of sp³-hybridized carbons (Fsp3) is 0.533. The van der Waals surface area contributed by atoms with Gasteiger partial charge in [0, 0.05) is 13.0 Å². The van der Waals surface area contributed by atoms with Gasteiger partial charge in [-0.3, -0.25) is 0 Å². The number of imidazole rings is 1. The summed E-state index contributed by atoms with van der Waals surface area (Å²) in [6.45, 7) is 3.79. The van der Waals surface area contributed by atoms with E-state index in [0.29, 0.717) is 13.1 Å². The number of alkyl halides is 3. The molecule has 1 N–H and O–H groups in total. The van der Waals surface area contributed by atoms with Crippen molar-refractivity contribution in [3.63, 3.8) is 0 Å². The molecule has 3 nitrogen and oxygen atoms in total. The van der Waals surface area contributed by atoms with Gasteiger partial charge >= 0.3 is 6.18 Å². The molecule has 0 radical (unpaired) electrons. The summed E-state index contributed by atoms with van der Waals surface area (Å²) in [7, 11) is 0. The summed E-state index contributed by atoms with van der Waals surface area (Å²) in [5.41, 5.74) is 2.00. The second kappa shape index (κ2) is 6.93. The van der Waals surface area contributed by atoms with Crippen molar-refractivity contribution >= 4 is 11.0 Å². The number of hydrogen-bond acceptors (Lipinski definition) is 2. The normalized spacial score (nSPS) is 12.2. The molecule has 1 heterocycles. The first kappa shape index (κ1) is 15.8. The highest BCUT2D eigenvalue weighted by atomic mass is 19.4. The van der Waals surface area contributed by atoms with E-state index in [2.05, 4.69) is 21.8 Å². The molecular formula is C15H20F3N3. The van der Waals surface area contributed by atoms with Gasteiger partial charge in [0.1, 0.15) is 5.82 Å². The van der Waals surface area contributed by atoms with E-state index in [0.717, 1.165) is 29.8 Å². The third kappa shape index (κ3) is 4.46. The summed E-state index contributed by atoms with van der Waals surface area (Å²) in [5.74, 6) is 0.880. The number of rotatable bonds is 7. The van der Waals surface area contributed by atoms with Gasteiger partial charge in [-0.1, -0.05) is 19.1 Å². The third-order valence-electron chi connectivity index (χ3n) is 3.28. The monoisotopic (exact) mass is 299 g/mol. The highest BCUT2D eigenvalue weighted by molar-refractivity contribution is 5.75. The number of halogens is 3. The van der Waals surface area contributed by atoms with Crippen LogP contribution in [0.1, 0.15) is 32.0 Å². The predicted octanol–water partition coefficient (Wildman–Crippen LogP) is 3.88. The first-order valence-corrected chi connectivity index (χ1v) is 7.23. The molecule has 1 aromatic carbocycles. The molecule has 0 atom stereocenters. The van der Waals surface area contributed by atoms with Crippen molar-refractivity contribution in [2.45, 2.75) is 45.5 Å². The van der Waals surface area contributed by atoms with E-state index in [1.807, 2.05) is 24.3 Å². The molecule has 0 saturated heterocycles. The van der Waals surface area contributed by atoms with E-state index < -0.39 is 12.6 Å². The number of hydrogen-bond donors (Lipinski definition) is 1. The Morgan fingerprint density at radius 3 is 2.71 bits per heavy atom. The number of para-hydroxylation sites is 2. The molecule has 0 amide bonds. The number of nitrogens with one attached hydrogen (secondary N) is 1. The lowest BCUT2D eigenvalue weighted by Crippen LogP contribution is -2.20. The SMILES string of the molecule is CCCn1c(CNCCCC(F)(F)F)nc2ccccc21. The predicted molar refractivity (Wildman–Crippen MR) is 77.0 cm³/mol. The average molecular weight is 299 g/mol. The molecule has 6 heteroatoms. The molecule has 0 bridgehead atoms. The number of aryl methyl sites for hydroxylation is 1. The smallest absolute Gasteiger partial charge is 0.327 e. The first-order valence-electron chi connectivity index (χ1n) is 7.23. The maximum atomic E-state index is 12.1. The number of aromatic nitrogens is 2. The van der Waals surface area contributed by atoms with Gasteiger partial charge in [0.05, 0.1) is 17.6 Å². The van der Waals surface area contributed by atoms with Gasteiger partial charge in [0.15, 0.2) is 0 Å². The van der Waals surface area contributed by atoms with Crippen LogP contribution in [0.5, 0.6) is 0 Å². The Morgan fingerprint density at radius 1 is 1.24 bits per heavy atom. The molecule has 2 aromatic rings.